The van der Waals surface area contributed by atoms with Gasteiger partial charge in [-0.05, 0) is 12.2 Å². The Balaban J connectivity index is 1.82. The third kappa shape index (κ3) is 1.89. The van der Waals surface area contributed by atoms with E-state index in [-0.39, 0.29) is 6.17 Å². The average Bonchev–Trinajstić information content (AvgIpc) is 2.12. The minimum atomic E-state index is 0.131. The van der Waals surface area contributed by atoms with Gasteiger partial charge >= 0.3 is 0 Å². The van der Waals surface area contributed by atoms with Crippen LogP contribution in [0.3, 0.4) is 0 Å². The van der Waals surface area contributed by atoms with Gasteiger partial charge in [0, 0.05) is 6.20 Å². The van der Waals surface area contributed by atoms with Crippen LogP contribution in [0.15, 0.2) is 23.9 Å². The van der Waals surface area contributed by atoms with Gasteiger partial charge in [-0.15, -0.1) is 0 Å². The molecule has 0 saturated carbocycles. The van der Waals surface area contributed by atoms with Crippen LogP contribution in [0.1, 0.15) is 0 Å². The van der Waals surface area contributed by atoms with E-state index in [1.807, 2.05) is 12.2 Å². The van der Waals surface area contributed by atoms with Crippen LogP contribution in [0.25, 0.3) is 0 Å². The SMILES string of the molecule is N#CC1=CNC(NC2COC2)C=C1. The maximum atomic E-state index is 8.57. The largest absolute Gasteiger partial charge is 0.378 e. The summed E-state index contributed by atoms with van der Waals surface area (Å²) in [6.07, 6.45) is 5.60. The molecule has 0 aliphatic carbocycles. The lowest BCUT2D eigenvalue weighted by molar-refractivity contribution is -0.00874. The Hall–Kier alpha value is -1.31. The molecule has 0 aromatic heterocycles. The van der Waals surface area contributed by atoms with Crippen molar-refractivity contribution in [2.75, 3.05) is 13.2 Å². The molecule has 1 fully saturated rings. The fraction of sp³-hybridized carbons (Fsp3) is 0.444. The second-order valence-electron chi connectivity index (χ2n) is 3.12. The van der Waals surface area contributed by atoms with Crippen molar-refractivity contribution in [1.82, 2.24) is 10.6 Å². The second-order valence-corrected chi connectivity index (χ2v) is 3.12. The lowest BCUT2D eigenvalue weighted by Gasteiger charge is -2.31. The predicted octanol–water partition coefficient (Wildman–Crippen LogP) is -0.132. The molecule has 1 unspecified atom stereocenters. The normalized spacial score (nSPS) is 27.0. The van der Waals surface area contributed by atoms with Crippen molar-refractivity contribution in [2.45, 2.75) is 12.2 Å². The molecule has 4 heteroatoms. The van der Waals surface area contributed by atoms with Crippen molar-refractivity contribution >= 4 is 0 Å². The van der Waals surface area contributed by atoms with E-state index >= 15 is 0 Å². The van der Waals surface area contributed by atoms with Crippen LogP contribution in [0.4, 0.5) is 0 Å². The highest BCUT2D eigenvalue weighted by atomic mass is 16.5. The van der Waals surface area contributed by atoms with Crippen LogP contribution in [0.5, 0.6) is 0 Å². The van der Waals surface area contributed by atoms with Gasteiger partial charge in [-0.1, -0.05) is 0 Å². The molecule has 2 heterocycles. The molecule has 0 radical (unpaired) electrons. The van der Waals surface area contributed by atoms with Crippen molar-refractivity contribution in [3.63, 3.8) is 0 Å². The molecular formula is C9H11N3O. The first-order valence-corrected chi connectivity index (χ1v) is 4.27. The minimum absolute atomic E-state index is 0.131. The quantitative estimate of drug-likeness (QED) is 0.616. The maximum Gasteiger partial charge on any atom is 0.101 e. The molecular weight excluding hydrogens is 166 g/mol. The Morgan fingerprint density at radius 3 is 2.92 bits per heavy atom. The summed E-state index contributed by atoms with van der Waals surface area (Å²) < 4.78 is 5.04. The van der Waals surface area contributed by atoms with Gasteiger partial charge in [-0.25, -0.2) is 0 Å². The van der Waals surface area contributed by atoms with E-state index in [9.17, 15) is 0 Å². The number of nitrogens with one attached hydrogen (secondary N) is 2. The zero-order chi connectivity index (χ0) is 9.10. The summed E-state index contributed by atoms with van der Waals surface area (Å²) in [6.45, 7) is 1.56. The van der Waals surface area contributed by atoms with E-state index in [1.165, 1.54) is 0 Å². The van der Waals surface area contributed by atoms with E-state index in [0.29, 0.717) is 11.6 Å². The standard InChI is InChI=1S/C9H11N3O/c10-3-7-1-2-9(11-4-7)12-8-5-13-6-8/h1-2,4,8-9,11-12H,5-6H2. The lowest BCUT2D eigenvalue weighted by atomic mass is 10.2. The molecule has 0 aromatic carbocycles. The summed E-state index contributed by atoms with van der Waals surface area (Å²) in [4.78, 5) is 0. The van der Waals surface area contributed by atoms with Crippen LogP contribution in [0, 0.1) is 11.3 Å². The lowest BCUT2D eigenvalue weighted by Crippen LogP contribution is -2.53. The van der Waals surface area contributed by atoms with Gasteiger partial charge in [-0.2, -0.15) is 5.26 Å². The molecule has 0 amide bonds. The average molecular weight is 177 g/mol. The van der Waals surface area contributed by atoms with Gasteiger partial charge < -0.3 is 10.1 Å². The molecule has 0 spiro atoms. The maximum absolute atomic E-state index is 8.57. The van der Waals surface area contributed by atoms with Gasteiger partial charge in [0.05, 0.1) is 31.0 Å². The summed E-state index contributed by atoms with van der Waals surface area (Å²) >= 11 is 0. The number of ether oxygens (including phenoxy) is 1. The zero-order valence-corrected chi connectivity index (χ0v) is 7.16. The van der Waals surface area contributed by atoms with Gasteiger partial charge in [-0.3, -0.25) is 5.32 Å². The van der Waals surface area contributed by atoms with Gasteiger partial charge in [0.15, 0.2) is 0 Å². The third-order valence-electron chi connectivity index (χ3n) is 2.07. The predicted molar refractivity (Wildman–Crippen MR) is 47.5 cm³/mol. The molecule has 0 bridgehead atoms. The molecule has 2 aliphatic rings. The number of rotatable bonds is 2. The Labute approximate surface area is 76.9 Å². The summed E-state index contributed by atoms with van der Waals surface area (Å²) in [6, 6.07) is 2.51. The highest BCUT2D eigenvalue weighted by molar-refractivity contribution is 5.35. The van der Waals surface area contributed by atoms with E-state index in [4.69, 9.17) is 10.00 Å². The fourth-order valence-electron chi connectivity index (χ4n) is 1.24. The first-order valence-electron chi connectivity index (χ1n) is 4.27. The smallest absolute Gasteiger partial charge is 0.101 e. The Morgan fingerprint density at radius 1 is 1.62 bits per heavy atom. The number of hydrogen-bond acceptors (Lipinski definition) is 4. The Morgan fingerprint density at radius 2 is 2.46 bits per heavy atom. The molecule has 68 valence electrons. The van der Waals surface area contributed by atoms with Gasteiger partial charge in [0.2, 0.25) is 0 Å². The Kier molecular flexibility index (Phi) is 2.30. The van der Waals surface area contributed by atoms with Crippen LogP contribution in [0.2, 0.25) is 0 Å². The Bertz CT molecular complexity index is 286. The summed E-state index contributed by atoms with van der Waals surface area (Å²) in [5, 5.41) is 15.0. The van der Waals surface area contributed by atoms with E-state index in [2.05, 4.69) is 16.7 Å². The van der Waals surface area contributed by atoms with Crippen molar-refractivity contribution in [1.29, 1.82) is 5.26 Å². The molecule has 1 atom stereocenters. The second kappa shape index (κ2) is 3.60. The van der Waals surface area contributed by atoms with E-state index in [0.717, 1.165) is 13.2 Å². The summed E-state index contributed by atoms with van der Waals surface area (Å²) in [7, 11) is 0. The number of nitrogens with zero attached hydrogens (tertiary/aromatic N) is 1. The molecule has 1 saturated heterocycles. The molecule has 0 aromatic rings. The summed E-state index contributed by atoms with van der Waals surface area (Å²) in [5.41, 5.74) is 0.655. The minimum Gasteiger partial charge on any atom is -0.378 e. The van der Waals surface area contributed by atoms with Crippen LogP contribution < -0.4 is 10.6 Å². The zero-order valence-electron chi connectivity index (χ0n) is 7.16. The van der Waals surface area contributed by atoms with Crippen molar-refractivity contribution in [3.05, 3.63) is 23.9 Å². The fourth-order valence-corrected chi connectivity index (χ4v) is 1.24. The number of hydrogen-bond donors (Lipinski definition) is 2. The highest BCUT2D eigenvalue weighted by Crippen LogP contribution is 2.05. The molecule has 2 N–H and O–H groups in total. The molecule has 13 heavy (non-hydrogen) atoms. The van der Waals surface area contributed by atoms with Crippen LogP contribution >= 0.6 is 0 Å². The van der Waals surface area contributed by atoms with Gasteiger partial charge in [0.25, 0.3) is 0 Å². The first kappa shape index (κ1) is 8.30. The third-order valence-corrected chi connectivity index (χ3v) is 2.07. The van der Waals surface area contributed by atoms with Gasteiger partial charge in [0.1, 0.15) is 6.07 Å². The monoisotopic (exact) mass is 177 g/mol. The number of nitriles is 1. The van der Waals surface area contributed by atoms with E-state index in [1.54, 1.807) is 6.20 Å². The van der Waals surface area contributed by atoms with Crippen molar-refractivity contribution in [2.24, 2.45) is 0 Å². The molecule has 2 aliphatic heterocycles. The molecule has 2 rings (SSSR count). The van der Waals surface area contributed by atoms with Crippen molar-refractivity contribution < 1.29 is 4.74 Å². The van der Waals surface area contributed by atoms with Crippen molar-refractivity contribution in [3.8, 4) is 6.07 Å². The van der Waals surface area contributed by atoms with Crippen LogP contribution in [-0.2, 0) is 4.74 Å². The highest BCUT2D eigenvalue weighted by Gasteiger charge is 2.20. The summed E-state index contributed by atoms with van der Waals surface area (Å²) in [5.74, 6) is 0. The first-order chi connectivity index (χ1) is 6.38. The van der Waals surface area contributed by atoms with Crippen LogP contribution in [-0.4, -0.2) is 25.4 Å². The molecule has 4 nitrogen and oxygen atoms in total. The van der Waals surface area contributed by atoms with E-state index < -0.39 is 0 Å². The number of dihydropyridines is 1. The number of allylic oxidation sites excluding steroid dienone is 2. The topological polar surface area (TPSA) is 57.1 Å².